The van der Waals surface area contributed by atoms with Gasteiger partial charge in [0.15, 0.2) is 11.5 Å². The minimum absolute atomic E-state index is 0.0981. The van der Waals surface area contributed by atoms with E-state index in [1.807, 2.05) is 4.90 Å². The van der Waals surface area contributed by atoms with Crippen LogP contribution in [0.4, 0.5) is 0 Å². The van der Waals surface area contributed by atoms with Crippen LogP contribution in [0.5, 0.6) is 17.2 Å². The summed E-state index contributed by atoms with van der Waals surface area (Å²) in [5, 5.41) is 8.50. The number of piperidine rings is 1. The van der Waals surface area contributed by atoms with Gasteiger partial charge in [-0.2, -0.15) is 0 Å². The maximum atomic E-state index is 12.5. The molecule has 1 saturated heterocycles. The molecule has 0 unspecified atom stereocenters. The van der Waals surface area contributed by atoms with Crippen LogP contribution < -0.4 is 14.2 Å². The Morgan fingerprint density at radius 1 is 1.10 bits per heavy atom. The summed E-state index contributed by atoms with van der Waals surface area (Å²) in [7, 11) is 4.64. The van der Waals surface area contributed by atoms with Crippen LogP contribution >= 0.6 is 11.8 Å². The van der Waals surface area contributed by atoms with E-state index in [-0.39, 0.29) is 11.7 Å². The minimum Gasteiger partial charge on any atom is -0.493 e. The summed E-state index contributed by atoms with van der Waals surface area (Å²) >= 11 is 1.25. The van der Waals surface area contributed by atoms with Gasteiger partial charge in [0.05, 0.1) is 27.1 Å². The fourth-order valence-electron chi connectivity index (χ4n) is 3.67. The second-order valence-electron chi connectivity index (χ2n) is 7.32. The largest absolute Gasteiger partial charge is 0.493 e. The summed E-state index contributed by atoms with van der Waals surface area (Å²) in [5.41, 5.74) is 0.642. The predicted molar refractivity (Wildman–Crippen MR) is 110 cm³/mol. The van der Waals surface area contributed by atoms with E-state index in [0.29, 0.717) is 45.8 Å². The second-order valence-corrected chi connectivity index (χ2v) is 8.25. The average Bonchev–Trinajstić information content (AvgIpc) is 3.19. The number of carbonyl (C=O) groups excluding carboxylic acids is 1. The normalized spacial score (nSPS) is 19.1. The Labute approximate surface area is 174 Å². The molecule has 8 nitrogen and oxygen atoms in total. The summed E-state index contributed by atoms with van der Waals surface area (Å²) < 4.78 is 21.8. The van der Waals surface area contributed by atoms with Crippen LogP contribution in [-0.2, 0) is 4.79 Å². The van der Waals surface area contributed by atoms with Gasteiger partial charge in [-0.05, 0) is 30.4 Å². The van der Waals surface area contributed by atoms with Crippen molar-refractivity contribution in [1.29, 1.82) is 0 Å². The van der Waals surface area contributed by atoms with Crippen molar-refractivity contribution < 1.29 is 23.4 Å². The smallest absolute Gasteiger partial charge is 0.277 e. The number of hydrogen-bond donors (Lipinski definition) is 0. The van der Waals surface area contributed by atoms with Gasteiger partial charge in [0.2, 0.25) is 17.5 Å². The third kappa shape index (κ3) is 4.95. The van der Waals surface area contributed by atoms with Crippen LogP contribution in [0, 0.1) is 11.8 Å². The highest BCUT2D eigenvalue weighted by Gasteiger charge is 2.26. The third-order valence-electron chi connectivity index (χ3n) is 4.86. The van der Waals surface area contributed by atoms with Gasteiger partial charge in [0.1, 0.15) is 0 Å². The molecule has 1 fully saturated rings. The van der Waals surface area contributed by atoms with E-state index in [2.05, 4.69) is 24.0 Å². The molecule has 3 rings (SSSR count). The Balaban J connectivity index is 1.69. The molecule has 2 heterocycles. The summed E-state index contributed by atoms with van der Waals surface area (Å²) in [6.07, 6.45) is 1.17. The van der Waals surface area contributed by atoms with Crippen LogP contribution in [0.15, 0.2) is 21.8 Å². The molecule has 0 radical (unpaired) electrons. The molecule has 29 heavy (non-hydrogen) atoms. The lowest BCUT2D eigenvalue weighted by Crippen LogP contribution is -2.43. The molecule has 0 aliphatic carbocycles. The maximum Gasteiger partial charge on any atom is 0.277 e. The van der Waals surface area contributed by atoms with Gasteiger partial charge in [-0.3, -0.25) is 4.79 Å². The average molecular weight is 422 g/mol. The number of thioether (sulfide) groups is 1. The quantitative estimate of drug-likeness (QED) is 0.629. The van der Waals surface area contributed by atoms with E-state index >= 15 is 0 Å². The van der Waals surface area contributed by atoms with Gasteiger partial charge in [0, 0.05) is 18.7 Å². The zero-order chi connectivity index (χ0) is 21.0. The van der Waals surface area contributed by atoms with E-state index in [4.69, 9.17) is 18.6 Å². The highest BCUT2D eigenvalue weighted by molar-refractivity contribution is 7.99. The summed E-state index contributed by atoms with van der Waals surface area (Å²) in [6, 6.07) is 3.48. The molecular weight excluding hydrogens is 394 g/mol. The van der Waals surface area contributed by atoms with Crippen molar-refractivity contribution in [2.24, 2.45) is 11.8 Å². The maximum absolute atomic E-state index is 12.5. The van der Waals surface area contributed by atoms with Gasteiger partial charge in [-0.15, -0.1) is 10.2 Å². The molecule has 158 valence electrons. The molecule has 1 aromatic heterocycles. The first-order chi connectivity index (χ1) is 13.9. The molecule has 0 spiro atoms. The third-order valence-corrected chi connectivity index (χ3v) is 5.66. The van der Waals surface area contributed by atoms with Crippen molar-refractivity contribution in [1.82, 2.24) is 15.1 Å². The molecule has 1 aliphatic rings. The number of methoxy groups -OCH3 is 3. The fourth-order valence-corrected chi connectivity index (χ4v) is 4.34. The lowest BCUT2D eigenvalue weighted by molar-refractivity contribution is -0.130. The first-order valence-electron chi connectivity index (χ1n) is 9.49. The zero-order valence-corrected chi connectivity index (χ0v) is 18.2. The lowest BCUT2D eigenvalue weighted by atomic mass is 9.92. The number of benzene rings is 1. The number of amides is 1. The van der Waals surface area contributed by atoms with Gasteiger partial charge in [-0.25, -0.2) is 0 Å². The Hall–Kier alpha value is -2.42. The predicted octanol–water partition coefficient (Wildman–Crippen LogP) is 3.36. The van der Waals surface area contributed by atoms with Gasteiger partial charge in [0.25, 0.3) is 5.22 Å². The molecule has 1 amide bonds. The van der Waals surface area contributed by atoms with Crippen LogP contribution in [0.2, 0.25) is 0 Å². The number of hydrogen-bond acceptors (Lipinski definition) is 8. The molecule has 2 aromatic rings. The Morgan fingerprint density at radius 3 is 2.28 bits per heavy atom. The topological polar surface area (TPSA) is 86.9 Å². The van der Waals surface area contributed by atoms with Crippen molar-refractivity contribution in [3.05, 3.63) is 12.1 Å². The highest BCUT2D eigenvalue weighted by atomic mass is 32.2. The molecule has 0 saturated carbocycles. The van der Waals surface area contributed by atoms with Crippen LogP contribution in [0.1, 0.15) is 20.3 Å². The summed E-state index contributed by atoms with van der Waals surface area (Å²) in [5.74, 6) is 3.24. The lowest BCUT2D eigenvalue weighted by Gasteiger charge is -2.34. The van der Waals surface area contributed by atoms with Crippen molar-refractivity contribution in [2.45, 2.75) is 25.5 Å². The minimum atomic E-state index is 0.0981. The first-order valence-corrected chi connectivity index (χ1v) is 10.5. The molecule has 0 bridgehead atoms. The number of rotatable bonds is 7. The van der Waals surface area contributed by atoms with E-state index in [0.717, 1.165) is 13.1 Å². The van der Waals surface area contributed by atoms with Crippen LogP contribution in [-0.4, -0.2) is 61.2 Å². The van der Waals surface area contributed by atoms with E-state index < -0.39 is 0 Å². The number of carbonyl (C=O) groups is 1. The molecule has 9 heteroatoms. The molecule has 1 aromatic carbocycles. The standard InChI is InChI=1S/C20H27N3O5S/c1-12-6-13(2)10-23(9-12)17(24)11-29-20-22-21-19(28-20)14-7-15(25-3)18(27-5)16(8-14)26-4/h7-8,12-13H,6,9-11H2,1-5H3/t12-,13+. The first kappa shape index (κ1) is 21.3. The second kappa shape index (κ2) is 9.39. The number of aromatic nitrogens is 2. The highest BCUT2D eigenvalue weighted by Crippen LogP contribution is 2.41. The van der Waals surface area contributed by atoms with E-state index in [1.165, 1.54) is 18.2 Å². The van der Waals surface area contributed by atoms with Crippen molar-refractivity contribution >= 4 is 17.7 Å². The Morgan fingerprint density at radius 2 is 1.72 bits per heavy atom. The number of ether oxygens (including phenoxy) is 3. The van der Waals surface area contributed by atoms with Gasteiger partial charge < -0.3 is 23.5 Å². The Kier molecular flexibility index (Phi) is 6.89. The molecule has 2 atom stereocenters. The monoisotopic (exact) mass is 421 g/mol. The van der Waals surface area contributed by atoms with Crippen molar-refractivity contribution in [2.75, 3.05) is 40.2 Å². The number of nitrogens with zero attached hydrogens (tertiary/aromatic N) is 3. The van der Waals surface area contributed by atoms with Gasteiger partial charge >= 0.3 is 0 Å². The van der Waals surface area contributed by atoms with E-state index in [9.17, 15) is 4.79 Å². The Bertz CT molecular complexity index is 821. The van der Waals surface area contributed by atoms with Crippen molar-refractivity contribution in [3.8, 4) is 28.7 Å². The van der Waals surface area contributed by atoms with Crippen molar-refractivity contribution in [3.63, 3.8) is 0 Å². The molecule has 1 aliphatic heterocycles. The van der Waals surface area contributed by atoms with Crippen LogP contribution in [0.3, 0.4) is 0 Å². The molecule has 0 N–H and O–H groups in total. The van der Waals surface area contributed by atoms with E-state index in [1.54, 1.807) is 33.5 Å². The zero-order valence-electron chi connectivity index (χ0n) is 17.4. The number of likely N-dealkylation sites (tertiary alicyclic amines) is 1. The summed E-state index contributed by atoms with van der Waals surface area (Å²) in [4.78, 5) is 14.5. The SMILES string of the molecule is COc1cc(-c2nnc(SCC(=O)N3C[C@H](C)C[C@H](C)C3)o2)cc(OC)c1OC. The van der Waals surface area contributed by atoms with Crippen LogP contribution in [0.25, 0.3) is 11.5 Å². The molecular formula is C20H27N3O5S. The fraction of sp³-hybridized carbons (Fsp3) is 0.550. The van der Waals surface area contributed by atoms with Gasteiger partial charge in [-0.1, -0.05) is 25.6 Å². The summed E-state index contributed by atoms with van der Waals surface area (Å²) in [6.45, 7) is 5.99.